The molecule has 1 amide bonds. The Morgan fingerprint density at radius 2 is 2.06 bits per heavy atom. The molecule has 1 saturated carbocycles. The highest BCUT2D eigenvalue weighted by molar-refractivity contribution is 5.88. The standard InChI is InChI=1S/C14H23NO2/c1-3-4-5-6-13(17)15-14(11-16)9-7-12(2)8-10-14/h3-6,12,16H,7-11H2,1-2H3,(H,15,17). The number of rotatable bonds is 4. The second-order valence-electron chi connectivity index (χ2n) is 5.00. The predicted molar refractivity (Wildman–Crippen MR) is 69.5 cm³/mol. The number of allylic oxidation sites excluding steroid dienone is 3. The van der Waals surface area contributed by atoms with Gasteiger partial charge in [-0.05, 0) is 38.5 Å². The molecular formula is C14H23NO2. The van der Waals surface area contributed by atoms with E-state index in [9.17, 15) is 9.90 Å². The van der Waals surface area contributed by atoms with E-state index in [-0.39, 0.29) is 12.5 Å². The molecule has 0 aliphatic heterocycles. The van der Waals surface area contributed by atoms with Crippen LogP contribution < -0.4 is 5.32 Å². The second kappa shape index (κ2) is 6.60. The molecule has 0 saturated heterocycles. The van der Waals surface area contributed by atoms with E-state index in [0.717, 1.165) is 25.7 Å². The Labute approximate surface area is 104 Å². The van der Waals surface area contributed by atoms with E-state index in [4.69, 9.17) is 0 Å². The van der Waals surface area contributed by atoms with E-state index in [1.807, 2.05) is 19.1 Å². The zero-order chi connectivity index (χ0) is 12.7. The molecule has 0 bridgehead atoms. The van der Waals surface area contributed by atoms with Crippen molar-refractivity contribution in [3.63, 3.8) is 0 Å². The smallest absolute Gasteiger partial charge is 0.244 e. The van der Waals surface area contributed by atoms with Crippen LogP contribution >= 0.6 is 0 Å². The van der Waals surface area contributed by atoms with E-state index in [0.29, 0.717) is 5.92 Å². The summed E-state index contributed by atoms with van der Waals surface area (Å²) in [5.74, 6) is 0.580. The Kier molecular flexibility index (Phi) is 5.42. The molecular weight excluding hydrogens is 214 g/mol. The van der Waals surface area contributed by atoms with E-state index in [1.54, 1.807) is 6.08 Å². The summed E-state index contributed by atoms with van der Waals surface area (Å²) < 4.78 is 0. The van der Waals surface area contributed by atoms with Gasteiger partial charge in [0.1, 0.15) is 0 Å². The first-order valence-corrected chi connectivity index (χ1v) is 6.34. The summed E-state index contributed by atoms with van der Waals surface area (Å²) in [5, 5.41) is 12.4. The van der Waals surface area contributed by atoms with Crippen LogP contribution in [0.5, 0.6) is 0 Å². The quantitative estimate of drug-likeness (QED) is 0.581. The van der Waals surface area contributed by atoms with Gasteiger partial charge in [-0.2, -0.15) is 0 Å². The van der Waals surface area contributed by atoms with Crippen molar-refractivity contribution in [2.45, 2.75) is 45.1 Å². The number of hydrogen-bond donors (Lipinski definition) is 2. The fourth-order valence-electron chi connectivity index (χ4n) is 2.19. The fraction of sp³-hybridized carbons (Fsp3) is 0.643. The van der Waals surface area contributed by atoms with Crippen LogP contribution in [0.3, 0.4) is 0 Å². The van der Waals surface area contributed by atoms with Crippen molar-refractivity contribution in [1.82, 2.24) is 5.32 Å². The van der Waals surface area contributed by atoms with Crippen molar-refractivity contribution in [3.8, 4) is 0 Å². The van der Waals surface area contributed by atoms with Gasteiger partial charge in [0.25, 0.3) is 0 Å². The van der Waals surface area contributed by atoms with Crippen LogP contribution in [0, 0.1) is 5.92 Å². The van der Waals surface area contributed by atoms with E-state index >= 15 is 0 Å². The van der Waals surface area contributed by atoms with E-state index < -0.39 is 5.54 Å². The Morgan fingerprint density at radius 3 is 2.59 bits per heavy atom. The molecule has 0 unspecified atom stereocenters. The molecule has 0 aromatic heterocycles. The summed E-state index contributed by atoms with van der Waals surface area (Å²) in [6.07, 6.45) is 10.8. The maximum absolute atomic E-state index is 11.7. The summed E-state index contributed by atoms with van der Waals surface area (Å²) in [6, 6.07) is 0. The number of aliphatic hydroxyl groups is 1. The Balaban J connectivity index is 2.54. The minimum Gasteiger partial charge on any atom is -0.394 e. The lowest BCUT2D eigenvalue weighted by Gasteiger charge is -2.38. The van der Waals surface area contributed by atoms with Gasteiger partial charge in [0.15, 0.2) is 0 Å². The van der Waals surface area contributed by atoms with Crippen molar-refractivity contribution in [3.05, 3.63) is 24.3 Å². The normalized spacial score (nSPS) is 29.9. The lowest BCUT2D eigenvalue weighted by molar-refractivity contribution is -0.119. The van der Waals surface area contributed by atoms with Crippen molar-refractivity contribution in [1.29, 1.82) is 0 Å². The van der Waals surface area contributed by atoms with Crippen molar-refractivity contribution >= 4 is 5.91 Å². The molecule has 17 heavy (non-hydrogen) atoms. The first kappa shape index (κ1) is 14.0. The highest BCUT2D eigenvalue weighted by Gasteiger charge is 2.34. The SMILES string of the molecule is CC=CC=CC(=O)NC1(CO)CCC(C)CC1. The van der Waals surface area contributed by atoms with Crippen LogP contribution in [0.1, 0.15) is 39.5 Å². The molecule has 1 aliphatic rings. The summed E-state index contributed by atoms with van der Waals surface area (Å²) in [4.78, 5) is 11.7. The molecule has 2 N–H and O–H groups in total. The van der Waals surface area contributed by atoms with Gasteiger partial charge in [0.2, 0.25) is 5.91 Å². The summed E-state index contributed by atoms with van der Waals surface area (Å²) in [6.45, 7) is 4.15. The zero-order valence-corrected chi connectivity index (χ0v) is 10.8. The molecule has 0 spiro atoms. The van der Waals surface area contributed by atoms with E-state index in [2.05, 4.69) is 12.2 Å². The molecule has 0 radical (unpaired) electrons. The Hall–Kier alpha value is -1.09. The maximum Gasteiger partial charge on any atom is 0.244 e. The number of amides is 1. The second-order valence-corrected chi connectivity index (χ2v) is 5.00. The van der Waals surface area contributed by atoms with Crippen LogP contribution in [-0.4, -0.2) is 23.2 Å². The minimum absolute atomic E-state index is 0.0307. The lowest BCUT2D eigenvalue weighted by atomic mass is 9.77. The molecule has 1 rings (SSSR count). The molecule has 3 heteroatoms. The Morgan fingerprint density at radius 1 is 1.41 bits per heavy atom. The first-order valence-electron chi connectivity index (χ1n) is 6.34. The van der Waals surface area contributed by atoms with Gasteiger partial charge in [-0.25, -0.2) is 0 Å². The topological polar surface area (TPSA) is 49.3 Å². The highest BCUT2D eigenvalue weighted by atomic mass is 16.3. The van der Waals surface area contributed by atoms with Gasteiger partial charge in [-0.1, -0.05) is 25.2 Å². The van der Waals surface area contributed by atoms with Crippen molar-refractivity contribution < 1.29 is 9.90 Å². The average Bonchev–Trinajstić information content (AvgIpc) is 2.33. The zero-order valence-electron chi connectivity index (χ0n) is 10.8. The van der Waals surface area contributed by atoms with Crippen LogP contribution in [-0.2, 0) is 4.79 Å². The van der Waals surface area contributed by atoms with Gasteiger partial charge < -0.3 is 10.4 Å². The first-order chi connectivity index (χ1) is 8.12. The molecule has 0 aromatic carbocycles. The van der Waals surface area contributed by atoms with Gasteiger partial charge >= 0.3 is 0 Å². The molecule has 96 valence electrons. The monoisotopic (exact) mass is 237 g/mol. The molecule has 1 aliphatic carbocycles. The van der Waals surface area contributed by atoms with Crippen LogP contribution in [0.15, 0.2) is 24.3 Å². The minimum atomic E-state index is -0.399. The highest BCUT2D eigenvalue weighted by Crippen LogP contribution is 2.31. The number of hydrogen-bond acceptors (Lipinski definition) is 2. The largest absolute Gasteiger partial charge is 0.394 e. The van der Waals surface area contributed by atoms with E-state index in [1.165, 1.54) is 6.08 Å². The molecule has 1 fully saturated rings. The van der Waals surface area contributed by atoms with Gasteiger partial charge in [-0.3, -0.25) is 4.79 Å². The maximum atomic E-state index is 11.7. The average molecular weight is 237 g/mol. The van der Waals surface area contributed by atoms with Crippen LogP contribution in [0.25, 0.3) is 0 Å². The van der Waals surface area contributed by atoms with Gasteiger partial charge in [0, 0.05) is 6.08 Å². The van der Waals surface area contributed by atoms with Crippen molar-refractivity contribution in [2.24, 2.45) is 5.92 Å². The van der Waals surface area contributed by atoms with Crippen molar-refractivity contribution in [2.75, 3.05) is 6.61 Å². The number of carbonyl (C=O) groups excluding carboxylic acids is 1. The molecule has 0 atom stereocenters. The number of carbonyl (C=O) groups is 1. The molecule has 0 aromatic rings. The fourth-order valence-corrected chi connectivity index (χ4v) is 2.19. The summed E-state index contributed by atoms with van der Waals surface area (Å²) in [7, 11) is 0. The third-order valence-electron chi connectivity index (χ3n) is 3.47. The van der Waals surface area contributed by atoms with Crippen LogP contribution in [0.4, 0.5) is 0 Å². The van der Waals surface area contributed by atoms with Gasteiger partial charge in [0.05, 0.1) is 12.1 Å². The lowest BCUT2D eigenvalue weighted by Crippen LogP contribution is -2.52. The predicted octanol–water partition coefficient (Wildman–Crippen LogP) is 2.18. The summed E-state index contributed by atoms with van der Waals surface area (Å²) >= 11 is 0. The number of aliphatic hydroxyl groups excluding tert-OH is 1. The van der Waals surface area contributed by atoms with Gasteiger partial charge in [-0.15, -0.1) is 0 Å². The third kappa shape index (κ3) is 4.35. The number of nitrogens with one attached hydrogen (secondary N) is 1. The molecule has 0 heterocycles. The van der Waals surface area contributed by atoms with Crippen LogP contribution in [0.2, 0.25) is 0 Å². The summed E-state index contributed by atoms with van der Waals surface area (Å²) in [5.41, 5.74) is -0.399. The Bertz CT molecular complexity index is 299. The molecule has 3 nitrogen and oxygen atoms in total. The third-order valence-corrected chi connectivity index (χ3v) is 3.47.